The van der Waals surface area contributed by atoms with Gasteiger partial charge in [-0.2, -0.15) is 0 Å². The molecule has 2 amide bonds. The van der Waals surface area contributed by atoms with E-state index < -0.39 is 0 Å². The number of carbonyl (C=O) groups is 1. The average molecular weight is 403 g/mol. The number of fused-ring (bicyclic) bond motifs is 1. The van der Waals surface area contributed by atoms with Crippen LogP contribution in [0.2, 0.25) is 0 Å². The van der Waals surface area contributed by atoms with Gasteiger partial charge in [0.2, 0.25) is 0 Å². The molecule has 0 radical (unpaired) electrons. The van der Waals surface area contributed by atoms with Crippen LogP contribution < -0.4 is 22.1 Å². The Labute approximate surface area is 171 Å². The van der Waals surface area contributed by atoms with Crippen molar-refractivity contribution in [3.05, 3.63) is 22.2 Å². The molecule has 8 nitrogen and oxygen atoms in total. The smallest absolute Gasteiger partial charge is 0.326 e. The number of hydrogen-bond donors (Lipinski definition) is 4. The molecule has 0 spiro atoms. The zero-order valence-electron chi connectivity index (χ0n) is 17.4. The number of nitrogens with two attached hydrogens (primary N) is 1. The third kappa shape index (κ3) is 5.74. The summed E-state index contributed by atoms with van der Waals surface area (Å²) in [6, 6.07) is 2.14. The molecule has 0 saturated heterocycles. The lowest BCUT2D eigenvalue weighted by molar-refractivity contribution is 0.232. The second-order valence-electron chi connectivity index (χ2n) is 8.02. The number of aryl methyl sites for hydroxylation is 2. The molecule has 0 aromatic carbocycles. The highest BCUT2D eigenvalue weighted by atomic mass is 16.2. The SMILES string of the molecule is CCCCCc1cc2c([nH]c(=O)n2CCCNC(=O)NC2CCCCC2)c(N)n1. The molecular formula is C21H34N6O2. The van der Waals surface area contributed by atoms with Crippen molar-refractivity contribution in [1.82, 2.24) is 25.2 Å². The summed E-state index contributed by atoms with van der Waals surface area (Å²) in [5, 5.41) is 5.95. The van der Waals surface area contributed by atoms with Gasteiger partial charge >= 0.3 is 11.7 Å². The highest BCUT2D eigenvalue weighted by molar-refractivity contribution is 5.85. The molecule has 0 bridgehead atoms. The Hall–Kier alpha value is -2.51. The second-order valence-corrected chi connectivity index (χ2v) is 8.02. The number of imidazole rings is 1. The van der Waals surface area contributed by atoms with Gasteiger partial charge < -0.3 is 21.4 Å². The monoisotopic (exact) mass is 402 g/mol. The van der Waals surface area contributed by atoms with Crippen LogP contribution in [-0.4, -0.2) is 33.2 Å². The topological polar surface area (TPSA) is 118 Å². The molecule has 1 fully saturated rings. The molecule has 1 aliphatic carbocycles. The lowest BCUT2D eigenvalue weighted by Crippen LogP contribution is -2.43. The maximum atomic E-state index is 12.4. The molecule has 0 aliphatic heterocycles. The molecule has 5 N–H and O–H groups in total. The molecule has 0 unspecified atom stereocenters. The fourth-order valence-corrected chi connectivity index (χ4v) is 4.06. The molecular weight excluding hydrogens is 368 g/mol. The van der Waals surface area contributed by atoms with E-state index in [9.17, 15) is 9.59 Å². The van der Waals surface area contributed by atoms with Crippen LogP contribution in [0, 0.1) is 0 Å². The summed E-state index contributed by atoms with van der Waals surface area (Å²) in [6.07, 6.45) is 10.6. The number of nitrogen functional groups attached to an aromatic ring is 1. The molecule has 2 aromatic heterocycles. The zero-order chi connectivity index (χ0) is 20.6. The summed E-state index contributed by atoms with van der Waals surface area (Å²) >= 11 is 0. The van der Waals surface area contributed by atoms with Gasteiger partial charge in [-0.3, -0.25) is 4.57 Å². The largest absolute Gasteiger partial charge is 0.382 e. The summed E-state index contributed by atoms with van der Waals surface area (Å²) < 4.78 is 1.69. The zero-order valence-corrected chi connectivity index (χ0v) is 17.4. The first-order valence-corrected chi connectivity index (χ1v) is 11.0. The first kappa shape index (κ1) is 21.2. The van der Waals surface area contributed by atoms with Gasteiger partial charge in [-0.25, -0.2) is 14.6 Å². The quantitative estimate of drug-likeness (QED) is 0.482. The number of nitrogens with one attached hydrogen (secondary N) is 3. The third-order valence-electron chi connectivity index (χ3n) is 5.67. The van der Waals surface area contributed by atoms with Crippen LogP contribution in [0.3, 0.4) is 0 Å². The van der Waals surface area contributed by atoms with Crippen molar-refractivity contribution in [2.45, 2.75) is 83.7 Å². The van der Waals surface area contributed by atoms with Crippen molar-refractivity contribution in [2.75, 3.05) is 12.3 Å². The van der Waals surface area contributed by atoms with Crippen LogP contribution in [0.1, 0.15) is 70.4 Å². The summed E-state index contributed by atoms with van der Waals surface area (Å²) in [5.74, 6) is 0.370. The van der Waals surface area contributed by atoms with Gasteiger partial charge in [0.15, 0.2) is 0 Å². The molecule has 160 valence electrons. The van der Waals surface area contributed by atoms with E-state index >= 15 is 0 Å². The Morgan fingerprint density at radius 1 is 1.28 bits per heavy atom. The van der Waals surface area contributed by atoms with E-state index in [1.54, 1.807) is 4.57 Å². The lowest BCUT2D eigenvalue weighted by Gasteiger charge is -2.22. The fraction of sp³-hybridized carbons (Fsp3) is 0.667. The van der Waals surface area contributed by atoms with Gasteiger partial charge in [0.1, 0.15) is 11.3 Å². The van der Waals surface area contributed by atoms with E-state index in [2.05, 4.69) is 27.5 Å². The molecule has 8 heteroatoms. The number of aromatic amines is 1. The number of H-pyrrole nitrogens is 1. The third-order valence-corrected chi connectivity index (χ3v) is 5.67. The molecule has 2 aromatic rings. The number of nitrogens with zero attached hydrogens (tertiary/aromatic N) is 2. The Balaban J connectivity index is 1.55. The van der Waals surface area contributed by atoms with Gasteiger partial charge in [-0.15, -0.1) is 0 Å². The van der Waals surface area contributed by atoms with Crippen LogP contribution >= 0.6 is 0 Å². The minimum absolute atomic E-state index is 0.116. The van der Waals surface area contributed by atoms with Gasteiger partial charge in [0.25, 0.3) is 0 Å². The van der Waals surface area contributed by atoms with Gasteiger partial charge in [-0.05, 0) is 38.2 Å². The number of carbonyl (C=O) groups excluding carboxylic acids is 1. The van der Waals surface area contributed by atoms with Crippen LogP contribution in [-0.2, 0) is 13.0 Å². The lowest BCUT2D eigenvalue weighted by atomic mass is 9.96. The van der Waals surface area contributed by atoms with Gasteiger partial charge in [0, 0.05) is 24.8 Å². The van der Waals surface area contributed by atoms with Crippen molar-refractivity contribution in [3.8, 4) is 0 Å². The van der Waals surface area contributed by atoms with Crippen LogP contribution in [0.15, 0.2) is 10.9 Å². The first-order valence-electron chi connectivity index (χ1n) is 11.0. The molecule has 3 rings (SSSR count). The number of urea groups is 1. The minimum atomic E-state index is -0.189. The Morgan fingerprint density at radius 3 is 2.83 bits per heavy atom. The van der Waals surface area contributed by atoms with E-state index in [-0.39, 0.29) is 11.7 Å². The second kappa shape index (κ2) is 10.3. The maximum absolute atomic E-state index is 12.4. The number of anilines is 1. The average Bonchev–Trinajstić information content (AvgIpc) is 3.02. The number of pyridine rings is 1. The standard InChI is InChI=1S/C21H34N6O2/c1-2-3-5-11-16-14-17-18(19(22)24-16)26-21(29)27(17)13-8-12-23-20(28)25-15-9-6-4-7-10-15/h14-15H,2-13H2,1H3,(H2,22,24)(H,26,29)(H2,23,25,28). The van der Waals surface area contributed by atoms with Crippen LogP contribution in [0.25, 0.3) is 11.0 Å². The van der Waals surface area contributed by atoms with E-state index in [4.69, 9.17) is 5.73 Å². The Kier molecular flexibility index (Phi) is 7.55. The highest BCUT2D eigenvalue weighted by Gasteiger charge is 2.15. The van der Waals surface area contributed by atoms with E-state index in [1.165, 1.54) is 19.3 Å². The van der Waals surface area contributed by atoms with Crippen LogP contribution in [0.5, 0.6) is 0 Å². The molecule has 0 atom stereocenters. The molecule has 29 heavy (non-hydrogen) atoms. The number of hydrogen-bond acceptors (Lipinski definition) is 4. The summed E-state index contributed by atoms with van der Waals surface area (Å²) in [6.45, 7) is 3.19. The predicted octanol–water partition coefficient (Wildman–Crippen LogP) is 3.06. The predicted molar refractivity (Wildman–Crippen MR) is 116 cm³/mol. The van der Waals surface area contributed by atoms with E-state index in [1.807, 2.05) is 6.07 Å². The summed E-state index contributed by atoms with van der Waals surface area (Å²) in [4.78, 5) is 31.7. The van der Waals surface area contributed by atoms with Gasteiger partial charge in [0.05, 0.1) is 5.52 Å². The molecule has 2 heterocycles. The number of amides is 2. The maximum Gasteiger partial charge on any atom is 0.326 e. The van der Waals surface area contributed by atoms with Crippen molar-refractivity contribution in [2.24, 2.45) is 0 Å². The summed E-state index contributed by atoms with van der Waals surface area (Å²) in [7, 11) is 0. The van der Waals surface area contributed by atoms with E-state index in [0.717, 1.165) is 49.7 Å². The van der Waals surface area contributed by atoms with Crippen molar-refractivity contribution in [3.63, 3.8) is 0 Å². The fourth-order valence-electron chi connectivity index (χ4n) is 4.06. The van der Waals surface area contributed by atoms with Gasteiger partial charge in [-0.1, -0.05) is 39.0 Å². The van der Waals surface area contributed by atoms with Crippen molar-refractivity contribution in [1.29, 1.82) is 0 Å². The number of unbranched alkanes of at least 4 members (excludes halogenated alkanes) is 2. The first-order chi connectivity index (χ1) is 14.1. The Bertz CT molecular complexity index is 866. The molecule has 1 aliphatic rings. The molecule has 1 saturated carbocycles. The van der Waals surface area contributed by atoms with Crippen molar-refractivity contribution < 1.29 is 4.79 Å². The summed E-state index contributed by atoms with van der Waals surface area (Å²) in [5.41, 5.74) is 8.18. The number of rotatable bonds is 9. The Morgan fingerprint density at radius 2 is 2.07 bits per heavy atom. The normalized spacial score (nSPS) is 14.9. The highest BCUT2D eigenvalue weighted by Crippen LogP contribution is 2.19. The number of aromatic nitrogens is 3. The van der Waals surface area contributed by atoms with Crippen molar-refractivity contribution >= 4 is 22.9 Å². The van der Waals surface area contributed by atoms with E-state index in [0.29, 0.717) is 36.9 Å². The minimum Gasteiger partial charge on any atom is -0.382 e. The van der Waals surface area contributed by atoms with Crippen LogP contribution in [0.4, 0.5) is 10.6 Å².